The Hall–Kier alpha value is -0.800. The van der Waals surface area contributed by atoms with Crippen LogP contribution >= 0.6 is 11.6 Å². The maximum absolute atomic E-state index is 6.21. The first-order chi connectivity index (χ1) is 8.69. The first kappa shape index (κ1) is 13.6. The number of ether oxygens (including phenoxy) is 1. The summed E-state index contributed by atoms with van der Waals surface area (Å²) in [5, 5.41) is 3.69. The number of aromatic nitrogens is 1. The number of rotatable bonds is 4. The molecule has 2 unspecified atom stereocenters. The van der Waals surface area contributed by atoms with E-state index in [1.54, 1.807) is 0 Å². The predicted molar refractivity (Wildman–Crippen MR) is 74.1 cm³/mol. The SMILES string of the molecule is CNCc1cnc(OC2CCCC(C)C2)c(Cl)c1. The van der Waals surface area contributed by atoms with E-state index in [2.05, 4.69) is 17.2 Å². The molecule has 0 saturated heterocycles. The van der Waals surface area contributed by atoms with Crippen LogP contribution in [0.1, 0.15) is 38.2 Å². The maximum atomic E-state index is 6.21. The van der Waals surface area contributed by atoms with Crippen molar-refractivity contribution < 1.29 is 4.74 Å². The molecule has 0 aromatic carbocycles. The molecular weight excluding hydrogens is 248 g/mol. The molecule has 1 aliphatic rings. The molecule has 1 aliphatic carbocycles. The minimum absolute atomic E-state index is 0.272. The van der Waals surface area contributed by atoms with Crippen molar-refractivity contribution in [3.05, 3.63) is 22.8 Å². The number of halogens is 1. The summed E-state index contributed by atoms with van der Waals surface area (Å²) in [4.78, 5) is 4.32. The van der Waals surface area contributed by atoms with Crippen molar-refractivity contribution in [1.29, 1.82) is 0 Å². The van der Waals surface area contributed by atoms with Gasteiger partial charge in [-0.3, -0.25) is 0 Å². The fraction of sp³-hybridized carbons (Fsp3) is 0.643. The summed E-state index contributed by atoms with van der Waals surface area (Å²) >= 11 is 6.21. The largest absolute Gasteiger partial charge is 0.473 e. The lowest BCUT2D eigenvalue weighted by Gasteiger charge is -2.27. The first-order valence-corrected chi connectivity index (χ1v) is 7.02. The standard InChI is InChI=1S/C14H21ClN2O/c1-10-4-3-5-12(6-10)18-14-13(15)7-11(8-16-2)9-17-14/h7,9-10,12,16H,3-6,8H2,1-2H3. The van der Waals surface area contributed by atoms with Crippen LogP contribution < -0.4 is 10.1 Å². The van der Waals surface area contributed by atoms with E-state index in [0.717, 1.165) is 30.9 Å². The summed E-state index contributed by atoms with van der Waals surface area (Å²) in [5.74, 6) is 1.32. The molecule has 1 saturated carbocycles. The Morgan fingerprint density at radius 1 is 1.50 bits per heavy atom. The Morgan fingerprint density at radius 3 is 3.00 bits per heavy atom. The average Bonchev–Trinajstić information content (AvgIpc) is 2.33. The minimum atomic E-state index is 0.272. The van der Waals surface area contributed by atoms with E-state index in [9.17, 15) is 0 Å². The second kappa shape index (κ2) is 6.39. The zero-order valence-electron chi connectivity index (χ0n) is 11.1. The van der Waals surface area contributed by atoms with Gasteiger partial charge >= 0.3 is 0 Å². The lowest BCUT2D eigenvalue weighted by molar-refractivity contribution is 0.124. The van der Waals surface area contributed by atoms with Gasteiger partial charge in [-0.2, -0.15) is 0 Å². The van der Waals surface area contributed by atoms with E-state index >= 15 is 0 Å². The second-order valence-electron chi connectivity index (χ2n) is 5.17. The van der Waals surface area contributed by atoms with Gasteiger partial charge in [0.15, 0.2) is 0 Å². The van der Waals surface area contributed by atoms with E-state index in [1.165, 1.54) is 12.8 Å². The third-order valence-corrected chi connectivity index (χ3v) is 3.68. The quantitative estimate of drug-likeness (QED) is 0.909. The van der Waals surface area contributed by atoms with Crippen LogP contribution in [0.2, 0.25) is 5.02 Å². The highest BCUT2D eigenvalue weighted by molar-refractivity contribution is 6.31. The smallest absolute Gasteiger partial charge is 0.232 e. The minimum Gasteiger partial charge on any atom is -0.473 e. The summed E-state index contributed by atoms with van der Waals surface area (Å²) in [6.45, 7) is 3.05. The number of hydrogen-bond donors (Lipinski definition) is 1. The van der Waals surface area contributed by atoms with Crippen molar-refractivity contribution in [1.82, 2.24) is 10.3 Å². The molecule has 1 heterocycles. The third-order valence-electron chi connectivity index (χ3n) is 3.41. The van der Waals surface area contributed by atoms with Gasteiger partial charge in [0.05, 0.1) is 0 Å². The van der Waals surface area contributed by atoms with Gasteiger partial charge < -0.3 is 10.1 Å². The summed E-state index contributed by atoms with van der Waals surface area (Å²) in [6.07, 6.45) is 6.86. The van der Waals surface area contributed by atoms with E-state index in [1.807, 2.05) is 19.3 Å². The summed E-state index contributed by atoms with van der Waals surface area (Å²) in [7, 11) is 1.90. The van der Waals surface area contributed by atoms with Gasteiger partial charge in [-0.05, 0) is 43.9 Å². The molecule has 1 fully saturated rings. The topological polar surface area (TPSA) is 34.2 Å². The molecule has 1 aromatic rings. The fourth-order valence-corrected chi connectivity index (χ4v) is 2.73. The monoisotopic (exact) mass is 268 g/mol. The molecule has 100 valence electrons. The van der Waals surface area contributed by atoms with Crippen molar-refractivity contribution in [3.8, 4) is 5.88 Å². The van der Waals surface area contributed by atoms with Crippen molar-refractivity contribution >= 4 is 11.6 Å². The van der Waals surface area contributed by atoms with Gasteiger partial charge in [0.2, 0.25) is 5.88 Å². The van der Waals surface area contributed by atoms with Crippen LogP contribution in [0.25, 0.3) is 0 Å². The molecule has 0 spiro atoms. The molecule has 18 heavy (non-hydrogen) atoms. The van der Waals surface area contributed by atoms with E-state index in [0.29, 0.717) is 10.9 Å². The zero-order chi connectivity index (χ0) is 13.0. The highest BCUT2D eigenvalue weighted by atomic mass is 35.5. The highest BCUT2D eigenvalue weighted by Gasteiger charge is 2.21. The Morgan fingerprint density at radius 2 is 2.33 bits per heavy atom. The normalized spacial score (nSPS) is 23.9. The van der Waals surface area contributed by atoms with Crippen molar-refractivity contribution in [2.75, 3.05) is 7.05 Å². The fourth-order valence-electron chi connectivity index (χ4n) is 2.50. The molecule has 0 bridgehead atoms. The molecule has 0 radical (unpaired) electrons. The van der Waals surface area contributed by atoms with Gasteiger partial charge in [-0.1, -0.05) is 24.9 Å². The van der Waals surface area contributed by atoms with Crippen LogP contribution in [-0.2, 0) is 6.54 Å². The van der Waals surface area contributed by atoms with Crippen LogP contribution in [0.5, 0.6) is 5.88 Å². The lowest BCUT2D eigenvalue weighted by Crippen LogP contribution is -2.24. The summed E-state index contributed by atoms with van der Waals surface area (Å²) in [5.41, 5.74) is 1.08. The molecule has 3 nitrogen and oxygen atoms in total. The second-order valence-corrected chi connectivity index (χ2v) is 5.58. The predicted octanol–water partition coefficient (Wildman–Crippen LogP) is 3.41. The van der Waals surface area contributed by atoms with Crippen molar-refractivity contribution in [2.45, 2.75) is 45.3 Å². The number of pyridine rings is 1. The van der Waals surface area contributed by atoms with E-state index in [4.69, 9.17) is 16.3 Å². The van der Waals surface area contributed by atoms with Crippen LogP contribution in [0.15, 0.2) is 12.3 Å². The van der Waals surface area contributed by atoms with E-state index in [-0.39, 0.29) is 6.10 Å². The van der Waals surface area contributed by atoms with Crippen LogP contribution in [0, 0.1) is 5.92 Å². The Bertz CT molecular complexity index is 397. The number of hydrogen-bond acceptors (Lipinski definition) is 3. The van der Waals surface area contributed by atoms with E-state index < -0.39 is 0 Å². The molecule has 0 amide bonds. The molecule has 1 aromatic heterocycles. The molecule has 1 N–H and O–H groups in total. The molecule has 2 rings (SSSR count). The number of nitrogens with zero attached hydrogens (tertiary/aromatic N) is 1. The van der Waals surface area contributed by atoms with Gasteiger partial charge in [-0.25, -0.2) is 4.98 Å². The number of nitrogens with one attached hydrogen (secondary N) is 1. The van der Waals surface area contributed by atoms with Gasteiger partial charge in [0.25, 0.3) is 0 Å². The molecule has 2 atom stereocenters. The molecular formula is C14H21ClN2O. The van der Waals surface area contributed by atoms with Gasteiger partial charge in [0.1, 0.15) is 11.1 Å². The first-order valence-electron chi connectivity index (χ1n) is 6.64. The van der Waals surface area contributed by atoms with Crippen molar-refractivity contribution in [2.24, 2.45) is 5.92 Å². The zero-order valence-corrected chi connectivity index (χ0v) is 11.8. The summed E-state index contributed by atoms with van der Waals surface area (Å²) in [6, 6.07) is 1.92. The van der Waals surface area contributed by atoms with Crippen LogP contribution in [-0.4, -0.2) is 18.1 Å². The Kier molecular flexibility index (Phi) is 4.84. The molecule has 4 heteroatoms. The maximum Gasteiger partial charge on any atom is 0.232 e. The van der Waals surface area contributed by atoms with Gasteiger partial charge in [-0.15, -0.1) is 0 Å². The van der Waals surface area contributed by atoms with Crippen LogP contribution in [0.3, 0.4) is 0 Å². The average molecular weight is 269 g/mol. The van der Waals surface area contributed by atoms with Gasteiger partial charge in [0, 0.05) is 12.7 Å². The third kappa shape index (κ3) is 3.59. The highest BCUT2D eigenvalue weighted by Crippen LogP contribution is 2.30. The Balaban J connectivity index is 2.00. The van der Waals surface area contributed by atoms with Crippen LogP contribution in [0.4, 0.5) is 0 Å². The van der Waals surface area contributed by atoms with Crippen molar-refractivity contribution in [3.63, 3.8) is 0 Å². The Labute approximate surface area is 114 Å². The lowest BCUT2D eigenvalue weighted by atomic mass is 9.89. The molecule has 0 aliphatic heterocycles. The summed E-state index contributed by atoms with van der Waals surface area (Å²) < 4.78 is 5.93.